The molecule has 43 heavy (non-hydrogen) atoms. The number of ether oxygens (including phenoxy) is 2. The fourth-order valence-electron chi connectivity index (χ4n) is 4.40. The molecule has 0 radical (unpaired) electrons. The normalized spacial score (nSPS) is 14.3. The molecular weight excluding hydrogens is 659 g/mol. The molecule has 0 aliphatic rings. The predicted octanol–water partition coefficient (Wildman–Crippen LogP) is 6.15. The number of rotatable bonds is 12. The summed E-state index contributed by atoms with van der Waals surface area (Å²) < 4.78 is 66.0. The lowest BCUT2D eigenvalue weighted by Crippen LogP contribution is -2.48. The molecule has 0 amide bonds. The van der Waals surface area contributed by atoms with Gasteiger partial charge in [-0.2, -0.15) is 0 Å². The number of nitrogens with zero attached hydrogens (tertiary/aromatic N) is 6. The molecule has 3 aromatic heterocycles. The summed E-state index contributed by atoms with van der Waals surface area (Å²) in [4.78, 5) is 8.14. The quantitative estimate of drug-likeness (QED) is 0.160. The SMILES string of the molecule is COc1cccc(OC)c1-n1c(-c2ccc(C)o2)nnc1N(CC[Si](C)(C)C)S(=O)(=O)[C@@H](C)C(C)(F)c1ncc(Br)cn1. The molecule has 0 aliphatic heterocycles. The number of hydrogen-bond donors (Lipinski definition) is 0. The van der Waals surface area contributed by atoms with Gasteiger partial charge < -0.3 is 13.9 Å². The maximum atomic E-state index is 16.5. The zero-order chi connectivity index (χ0) is 31.7. The van der Waals surface area contributed by atoms with Crippen LogP contribution in [0.25, 0.3) is 17.3 Å². The van der Waals surface area contributed by atoms with E-state index in [1.54, 1.807) is 37.3 Å². The Morgan fingerprint density at radius 3 is 2.21 bits per heavy atom. The van der Waals surface area contributed by atoms with Crippen LogP contribution in [-0.2, 0) is 15.7 Å². The molecule has 1 aromatic carbocycles. The Kier molecular flexibility index (Phi) is 9.37. The van der Waals surface area contributed by atoms with Crippen LogP contribution in [-0.4, -0.2) is 67.2 Å². The Labute approximate surface area is 260 Å². The smallest absolute Gasteiger partial charge is 0.246 e. The van der Waals surface area contributed by atoms with Gasteiger partial charge >= 0.3 is 0 Å². The minimum Gasteiger partial charge on any atom is -0.494 e. The maximum absolute atomic E-state index is 16.5. The Balaban J connectivity index is 1.99. The van der Waals surface area contributed by atoms with Gasteiger partial charge in [-0.25, -0.2) is 27.1 Å². The second kappa shape index (κ2) is 12.4. The highest BCUT2D eigenvalue weighted by Crippen LogP contribution is 2.41. The highest BCUT2D eigenvalue weighted by atomic mass is 79.9. The molecule has 0 spiro atoms. The first kappa shape index (κ1) is 32.6. The van der Waals surface area contributed by atoms with Crippen molar-refractivity contribution in [2.45, 2.75) is 57.4 Å². The van der Waals surface area contributed by atoms with Crippen molar-refractivity contribution in [1.29, 1.82) is 0 Å². The number of methoxy groups -OCH3 is 2. The molecule has 0 N–H and O–H groups in total. The van der Waals surface area contributed by atoms with E-state index in [9.17, 15) is 8.42 Å². The average molecular weight is 696 g/mol. The summed E-state index contributed by atoms with van der Waals surface area (Å²) in [5, 5.41) is 7.16. The van der Waals surface area contributed by atoms with E-state index in [4.69, 9.17) is 13.9 Å². The summed E-state index contributed by atoms with van der Waals surface area (Å²) in [7, 11) is -3.31. The van der Waals surface area contributed by atoms with Gasteiger partial charge in [-0.1, -0.05) is 25.7 Å². The van der Waals surface area contributed by atoms with Gasteiger partial charge in [0.2, 0.25) is 21.8 Å². The largest absolute Gasteiger partial charge is 0.494 e. The second-order valence-corrected chi connectivity index (χ2v) is 20.2. The summed E-state index contributed by atoms with van der Waals surface area (Å²) in [6.07, 6.45) is 2.76. The predicted molar refractivity (Wildman–Crippen MR) is 169 cm³/mol. The fourth-order valence-corrected chi connectivity index (χ4v) is 7.40. The van der Waals surface area contributed by atoms with Crippen molar-refractivity contribution in [3.63, 3.8) is 0 Å². The molecule has 1 unspecified atom stereocenters. The van der Waals surface area contributed by atoms with Crippen molar-refractivity contribution in [3.05, 3.63) is 58.8 Å². The third-order valence-electron chi connectivity index (χ3n) is 7.10. The molecular formula is C28H36BrFN6O5SSi. The first-order valence-electron chi connectivity index (χ1n) is 13.5. The van der Waals surface area contributed by atoms with E-state index in [1.807, 2.05) is 0 Å². The van der Waals surface area contributed by atoms with Crippen molar-refractivity contribution >= 4 is 40.0 Å². The number of sulfonamides is 1. The van der Waals surface area contributed by atoms with Crippen LogP contribution in [0, 0.1) is 6.92 Å². The first-order valence-corrected chi connectivity index (χ1v) is 19.5. The monoisotopic (exact) mass is 694 g/mol. The number of hydrogen-bond acceptors (Lipinski definition) is 9. The van der Waals surface area contributed by atoms with Crippen LogP contribution < -0.4 is 13.8 Å². The van der Waals surface area contributed by atoms with Gasteiger partial charge in [-0.05, 0) is 67.0 Å². The lowest BCUT2D eigenvalue weighted by molar-refractivity contribution is 0.174. The summed E-state index contributed by atoms with van der Waals surface area (Å²) in [5.41, 5.74) is -2.10. The number of halogens is 2. The third-order valence-corrected chi connectivity index (χ3v) is 11.5. The van der Waals surface area contributed by atoms with Crippen LogP contribution in [0.1, 0.15) is 25.4 Å². The van der Waals surface area contributed by atoms with E-state index in [0.29, 0.717) is 39.2 Å². The molecule has 4 rings (SSSR count). The molecule has 0 fully saturated rings. The average Bonchev–Trinajstić information content (AvgIpc) is 3.57. The van der Waals surface area contributed by atoms with Gasteiger partial charge in [-0.15, -0.1) is 10.2 Å². The Hall–Kier alpha value is -3.30. The highest BCUT2D eigenvalue weighted by molar-refractivity contribution is 9.10. The summed E-state index contributed by atoms with van der Waals surface area (Å²) in [6, 6.07) is 9.21. The van der Waals surface area contributed by atoms with E-state index in [0.717, 1.165) is 4.31 Å². The van der Waals surface area contributed by atoms with Crippen molar-refractivity contribution in [1.82, 2.24) is 24.7 Å². The summed E-state index contributed by atoms with van der Waals surface area (Å²) in [5.74, 6) is 1.61. The number of alkyl halides is 1. The second-order valence-electron chi connectivity index (χ2n) is 11.5. The minimum absolute atomic E-state index is 0.0342. The number of anilines is 1. The number of para-hydroxylation sites is 1. The topological polar surface area (TPSA) is 125 Å². The number of aromatic nitrogens is 5. The third kappa shape index (κ3) is 6.62. The van der Waals surface area contributed by atoms with E-state index < -0.39 is 29.0 Å². The fraction of sp³-hybridized carbons (Fsp3) is 0.429. The Morgan fingerprint density at radius 1 is 1.09 bits per heavy atom. The molecule has 232 valence electrons. The molecule has 15 heteroatoms. The molecule has 0 saturated heterocycles. The van der Waals surface area contributed by atoms with E-state index in [1.165, 1.54) is 45.0 Å². The van der Waals surface area contributed by atoms with Crippen LogP contribution in [0.4, 0.5) is 10.3 Å². The number of benzene rings is 1. The maximum Gasteiger partial charge on any atom is 0.246 e. The highest BCUT2D eigenvalue weighted by Gasteiger charge is 2.48. The van der Waals surface area contributed by atoms with Crippen LogP contribution in [0.3, 0.4) is 0 Å². The molecule has 0 saturated carbocycles. The zero-order valence-corrected chi connectivity index (χ0v) is 28.8. The Morgan fingerprint density at radius 2 is 1.70 bits per heavy atom. The van der Waals surface area contributed by atoms with Gasteiger partial charge in [0.05, 0.1) is 18.7 Å². The van der Waals surface area contributed by atoms with Gasteiger partial charge in [0.15, 0.2) is 17.3 Å². The molecule has 2 atom stereocenters. The van der Waals surface area contributed by atoms with Gasteiger partial charge in [0, 0.05) is 27.0 Å². The van der Waals surface area contributed by atoms with Crippen LogP contribution in [0.15, 0.2) is 51.6 Å². The van der Waals surface area contributed by atoms with Gasteiger partial charge in [0.1, 0.15) is 28.2 Å². The zero-order valence-electron chi connectivity index (χ0n) is 25.4. The van der Waals surface area contributed by atoms with Crippen LogP contribution in [0.5, 0.6) is 11.5 Å². The number of furan rings is 1. The van der Waals surface area contributed by atoms with Crippen molar-refractivity contribution in [2.24, 2.45) is 0 Å². The molecule has 0 bridgehead atoms. The van der Waals surface area contributed by atoms with Crippen LogP contribution >= 0.6 is 15.9 Å². The molecule has 4 aromatic rings. The minimum atomic E-state index is -4.47. The number of aryl methyl sites for hydroxylation is 1. The summed E-state index contributed by atoms with van der Waals surface area (Å²) >= 11 is 3.24. The molecule has 11 nitrogen and oxygen atoms in total. The van der Waals surface area contributed by atoms with Crippen molar-refractivity contribution < 1.29 is 26.7 Å². The first-order chi connectivity index (χ1) is 20.1. The van der Waals surface area contributed by atoms with Gasteiger partial charge in [-0.3, -0.25) is 4.57 Å². The van der Waals surface area contributed by atoms with E-state index >= 15 is 4.39 Å². The van der Waals surface area contributed by atoms with Gasteiger partial charge in [0.25, 0.3) is 0 Å². The molecule has 0 aliphatic carbocycles. The van der Waals surface area contributed by atoms with Crippen molar-refractivity contribution in [2.75, 3.05) is 25.1 Å². The standard InChI is InChI=1S/C28H36BrFN6O5SSi/c1-18-12-13-23(41-18)25-33-34-27(36(25)24-21(39-4)10-9-11-22(24)40-5)35(14-15-43(6,7)8)42(37,38)19(2)28(3,30)26-31-16-20(29)17-32-26/h9-13,16-17,19H,14-15H2,1-8H3/t19-,28?/m0/s1. The molecule has 3 heterocycles. The van der Waals surface area contributed by atoms with E-state index in [-0.39, 0.29) is 24.1 Å². The Bertz CT molecular complexity index is 1670. The summed E-state index contributed by atoms with van der Waals surface area (Å²) in [6.45, 7) is 10.7. The van der Waals surface area contributed by atoms with E-state index in [2.05, 4.69) is 55.7 Å². The van der Waals surface area contributed by atoms with Crippen molar-refractivity contribution in [3.8, 4) is 28.8 Å². The lowest BCUT2D eigenvalue weighted by atomic mass is 10.0. The van der Waals surface area contributed by atoms with Crippen LogP contribution in [0.2, 0.25) is 25.7 Å². The lowest BCUT2D eigenvalue weighted by Gasteiger charge is -2.33.